The van der Waals surface area contributed by atoms with Gasteiger partial charge < -0.3 is 5.32 Å². The Balaban J connectivity index is 1.47. The summed E-state index contributed by atoms with van der Waals surface area (Å²) >= 11 is 1.73. The molecule has 1 N–H and O–H groups in total. The Labute approximate surface area is 137 Å². The second-order valence-electron chi connectivity index (χ2n) is 6.27. The number of likely N-dealkylation sites (tertiary alicyclic amines) is 1. The number of aromatic nitrogens is 1. The fourth-order valence-corrected chi connectivity index (χ4v) is 3.81. The molecule has 3 rings (SSSR count). The Morgan fingerprint density at radius 3 is 2.82 bits per heavy atom. The van der Waals surface area contributed by atoms with Crippen LogP contribution in [0.5, 0.6) is 0 Å². The van der Waals surface area contributed by atoms with Gasteiger partial charge >= 0.3 is 0 Å². The van der Waals surface area contributed by atoms with Gasteiger partial charge in [-0.25, -0.2) is 4.98 Å². The maximum Gasteiger partial charge on any atom is 0.0897 e. The van der Waals surface area contributed by atoms with Gasteiger partial charge in [-0.2, -0.15) is 0 Å². The Hall–Kier alpha value is -1.23. The van der Waals surface area contributed by atoms with E-state index in [-0.39, 0.29) is 0 Å². The molecule has 0 radical (unpaired) electrons. The van der Waals surface area contributed by atoms with Crippen molar-refractivity contribution in [3.05, 3.63) is 52.0 Å². The molecule has 1 saturated heterocycles. The van der Waals surface area contributed by atoms with E-state index in [1.54, 1.807) is 11.3 Å². The third-order valence-corrected chi connectivity index (χ3v) is 5.30. The predicted octanol–water partition coefficient (Wildman–Crippen LogP) is 3.59. The van der Waals surface area contributed by atoms with Crippen LogP contribution in [-0.2, 0) is 13.1 Å². The van der Waals surface area contributed by atoms with Gasteiger partial charge in [0, 0.05) is 37.1 Å². The summed E-state index contributed by atoms with van der Waals surface area (Å²) in [5.41, 5.74) is 2.60. The molecule has 0 spiro atoms. The topological polar surface area (TPSA) is 28.2 Å². The molecule has 3 nitrogen and oxygen atoms in total. The third kappa shape index (κ3) is 4.15. The van der Waals surface area contributed by atoms with Gasteiger partial charge in [0.05, 0.1) is 10.7 Å². The van der Waals surface area contributed by atoms with Crippen LogP contribution in [0.4, 0.5) is 0 Å². The second-order valence-corrected chi connectivity index (χ2v) is 7.33. The van der Waals surface area contributed by atoms with Crippen molar-refractivity contribution in [2.75, 3.05) is 6.54 Å². The van der Waals surface area contributed by atoms with Gasteiger partial charge in [0.1, 0.15) is 0 Å². The Morgan fingerprint density at radius 1 is 1.32 bits per heavy atom. The highest BCUT2D eigenvalue weighted by Gasteiger charge is 2.25. The fraction of sp³-hybridized carbons (Fsp3) is 0.500. The molecule has 1 aliphatic heterocycles. The molecule has 1 aromatic heterocycles. The summed E-state index contributed by atoms with van der Waals surface area (Å²) in [6.45, 7) is 7.56. The van der Waals surface area contributed by atoms with Crippen molar-refractivity contribution in [1.82, 2.24) is 15.2 Å². The lowest BCUT2D eigenvalue weighted by Crippen LogP contribution is -2.46. The maximum absolute atomic E-state index is 4.53. The summed E-state index contributed by atoms with van der Waals surface area (Å²) < 4.78 is 0. The number of nitrogens with one attached hydrogen (secondary N) is 1. The molecule has 2 aromatic rings. The summed E-state index contributed by atoms with van der Waals surface area (Å²) in [6, 6.07) is 12.0. The zero-order valence-electron chi connectivity index (χ0n) is 13.5. The summed E-state index contributed by atoms with van der Waals surface area (Å²) in [5.74, 6) is 0. The summed E-state index contributed by atoms with van der Waals surface area (Å²) in [5, 5.41) is 7.00. The summed E-state index contributed by atoms with van der Waals surface area (Å²) in [4.78, 5) is 7.13. The van der Waals surface area contributed by atoms with Gasteiger partial charge in [-0.3, -0.25) is 4.90 Å². The van der Waals surface area contributed by atoms with Gasteiger partial charge in [-0.1, -0.05) is 30.3 Å². The number of benzene rings is 1. The van der Waals surface area contributed by atoms with Crippen LogP contribution in [-0.4, -0.2) is 28.5 Å². The van der Waals surface area contributed by atoms with E-state index in [2.05, 4.69) is 64.8 Å². The second kappa shape index (κ2) is 7.36. The molecule has 1 aromatic carbocycles. The monoisotopic (exact) mass is 315 g/mol. The van der Waals surface area contributed by atoms with Crippen LogP contribution < -0.4 is 5.32 Å². The molecule has 22 heavy (non-hydrogen) atoms. The van der Waals surface area contributed by atoms with Crippen molar-refractivity contribution in [3.63, 3.8) is 0 Å². The lowest BCUT2D eigenvalue weighted by molar-refractivity contribution is 0.128. The average molecular weight is 315 g/mol. The van der Waals surface area contributed by atoms with Gasteiger partial charge in [-0.15, -0.1) is 11.3 Å². The van der Waals surface area contributed by atoms with E-state index >= 15 is 0 Å². The predicted molar refractivity (Wildman–Crippen MR) is 93.0 cm³/mol. The smallest absolute Gasteiger partial charge is 0.0897 e. The zero-order chi connectivity index (χ0) is 15.4. The minimum absolute atomic E-state index is 0.615. The fourth-order valence-electron chi connectivity index (χ4n) is 3.20. The molecule has 0 bridgehead atoms. The zero-order valence-corrected chi connectivity index (χ0v) is 14.3. The number of hydrogen-bond acceptors (Lipinski definition) is 4. The lowest BCUT2D eigenvalue weighted by Gasteiger charge is -2.38. The molecular formula is C18H25N3S. The van der Waals surface area contributed by atoms with E-state index < -0.39 is 0 Å². The van der Waals surface area contributed by atoms with Crippen LogP contribution in [0, 0.1) is 6.92 Å². The molecule has 1 fully saturated rings. The summed E-state index contributed by atoms with van der Waals surface area (Å²) in [6.07, 6.45) is 2.44. The minimum Gasteiger partial charge on any atom is -0.308 e. The molecule has 4 heteroatoms. The van der Waals surface area contributed by atoms with Crippen molar-refractivity contribution in [2.45, 2.75) is 51.9 Å². The molecule has 2 atom stereocenters. The van der Waals surface area contributed by atoms with Crippen LogP contribution >= 0.6 is 11.3 Å². The van der Waals surface area contributed by atoms with Crippen molar-refractivity contribution >= 4 is 11.3 Å². The first-order valence-electron chi connectivity index (χ1n) is 8.13. The van der Waals surface area contributed by atoms with E-state index in [9.17, 15) is 0 Å². The Kier molecular flexibility index (Phi) is 5.24. The van der Waals surface area contributed by atoms with Gasteiger partial charge in [0.25, 0.3) is 0 Å². The van der Waals surface area contributed by atoms with Crippen LogP contribution in [0.25, 0.3) is 0 Å². The van der Waals surface area contributed by atoms with E-state index in [1.165, 1.54) is 30.6 Å². The molecule has 0 saturated carbocycles. The minimum atomic E-state index is 0.615. The first-order valence-corrected chi connectivity index (χ1v) is 9.01. The van der Waals surface area contributed by atoms with Crippen LogP contribution in [0.2, 0.25) is 0 Å². The highest BCUT2D eigenvalue weighted by molar-refractivity contribution is 7.09. The largest absolute Gasteiger partial charge is 0.308 e. The molecule has 0 amide bonds. The molecular weight excluding hydrogens is 290 g/mol. The Bertz CT molecular complexity index is 581. The van der Waals surface area contributed by atoms with Crippen LogP contribution in [0.1, 0.15) is 36.0 Å². The van der Waals surface area contributed by atoms with Crippen molar-refractivity contribution in [1.29, 1.82) is 0 Å². The number of rotatable bonds is 5. The molecule has 0 aliphatic carbocycles. The van der Waals surface area contributed by atoms with Gasteiger partial charge in [0.2, 0.25) is 0 Å². The van der Waals surface area contributed by atoms with E-state index in [0.717, 1.165) is 18.1 Å². The quantitative estimate of drug-likeness (QED) is 0.914. The van der Waals surface area contributed by atoms with E-state index in [4.69, 9.17) is 0 Å². The van der Waals surface area contributed by atoms with E-state index in [0.29, 0.717) is 12.1 Å². The molecule has 118 valence electrons. The Morgan fingerprint density at radius 2 is 2.14 bits per heavy atom. The van der Waals surface area contributed by atoms with Gasteiger partial charge in [-0.05, 0) is 32.3 Å². The highest BCUT2D eigenvalue weighted by atomic mass is 32.1. The number of nitrogens with zero attached hydrogens (tertiary/aromatic N) is 2. The molecule has 1 aliphatic rings. The first-order chi connectivity index (χ1) is 10.7. The van der Waals surface area contributed by atoms with E-state index in [1.807, 2.05) is 0 Å². The van der Waals surface area contributed by atoms with Crippen molar-refractivity contribution in [3.8, 4) is 0 Å². The normalized spacial score (nSPS) is 22.8. The number of thiazole rings is 1. The van der Waals surface area contributed by atoms with Crippen LogP contribution in [0.3, 0.4) is 0 Å². The summed E-state index contributed by atoms with van der Waals surface area (Å²) in [7, 11) is 0. The third-order valence-electron chi connectivity index (χ3n) is 4.48. The molecule has 2 heterocycles. The van der Waals surface area contributed by atoms with Gasteiger partial charge in [0.15, 0.2) is 0 Å². The van der Waals surface area contributed by atoms with Crippen LogP contribution in [0.15, 0.2) is 35.7 Å². The number of aryl methyl sites for hydroxylation is 1. The molecule has 0 unspecified atom stereocenters. The standard InChI is InChI=1S/C18H25N3S/c1-14-10-17(19-11-18-13-22-15(2)20-18)8-9-21(14)12-16-6-4-3-5-7-16/h3-7,13-14,17,19H,8-12H2,1-2H3/t14-,17-/m0/s1. The maximum atomic E-state index is 4.53. The highest BCUT2D eigenvalue weighted by Crippen LogP contribution is 2.20. The SMILES string of the molecule is Cc1nc(CN[C@H]2CCN(Cc3ccccc3)[C@@H](C)C2)cs1. The van der Waals surface area contributed by atoms with Crippen molar-refractivity contribution in [2.24, 2.45) is 0 Å². The number of hydrogen-bond donors (Lipinski definition) is 1. The lowest BCUT2D eigenvalue weighted by atomic mass is 9.97. The first kappa shape index (κ1) is 15.7. The number of piperidine rings is 1. The van der Waals surface area contributed by atoms with Crippen molar-refractivity contribution < 1.29 is 0 Å². The average Bonchev–Trinajstić information content (AvgIpc) is 2.94.